The molecule has 0 radical (unpaired) electrons. The molecular formula is C25H22Cl2N2O4S. The molecule has 0 saturated carbocycles. The van der Waals surface area contributed by atoms with Crippen molar-refractivity contribution in [2.24, 2.45) is 4.99 Å². The van der Waals surface area contributed by atoms with Crippen LogP contribution in [0.4, 0.5) is 0 Å². The first-order chi connectivity index (χ1) is 16.4. The second-order valence-electron chi connectivity index (χ2n) is 7.42. The summed E-state index contributed by atoms with van der Waals surface area (Å²) in [5.74, 6) is 0.120. The number of hydrogen-bond donors (Lipinski definition) is 0. The Hall–Kier alpha value is -2.87. The van der Waals surface area contributed by atoms with Gasteiger partial charge in [-0.2, -0.15) is 0 Å². The van der Waals surface area contributed by atoms with Crippen LogP contribution in [0.2, 0.25) is 10.0 Å². The molecule has 6 nitrogen and oxygen atoms in total. The minimum Gasteiger partial charge on any atom is -0.493 e. The summed E-state index contributed by atoms with van der Waals surface area (Å²) in [6, 6.07) is 11.8. The molecule has 0 aliphatic carbocycles. The molecule has 34 heavy (non-hydrogen) atoms. The largest absolute Gasteiger partial charge is 0.493 e. The highest BCUT2D eigenvalue weighted by atomic mass is 35.5. The molecular weight excluding hydrogens is 495 g/mol. The number of benzene rings is 2. The van der Waals surface area contributed by atoms with Crippen molar-refractivity contribution in [3.05, 3.63) is 94.6 Å². The molecule has 2 heterocycles. The number of nitrogens with zero attached hydrogens (tertiary/aromatic N) is 2. The quantitative estimate of drug-likeness (QED) is 0.452. The van der Waals surface area contributed by atoms with E-state index in [2.05, 4.69) is 4.99 Å². The number of rotatable bonds is 6. The number of ether oxygens (including phenoxy) is 2. The number of thiazole rings is 1. The van der Waals surface area contributed by atoms with Crippen LogP contribution in [-0.4, -0.2) is 23.8 Å². The molecule has 3 aromatic rings. The lowest BCUT2D eigenvalue weighted by Crippen LogP contribution is -2.40. The summed E-state index contributed by atoms with van der Waals surface area (Å²) >= 11 is 14.1. The summed E-state index contributed by atoms with van der Waals surface area (Å²) in [7, 11) is 0. The number of allylic oxidation sites excluding steroid dienone is 1. The third-order valence-corrected chi connectivity index (χ3v) is 7.11. The number of para-hydroxylation sites is 1. The third kappa shape index (κ3) is 4.43. The summed E-state index contributed by atoms with van der Waals surface area (Å²) in [6.07, 6.45) is 1.77. The van der Waals surface area contributed by atoms with Crippen LogP contribution in [0.3, 0.4) is 0 Å². The molecule has 0 fully saturated rings. The Bertz CT molecular complexity index is 1470. The van der Waals surface area contributed by atoms with Crippen molar-refractivity contribution in [1.29, 1.82) is 0 Å². The zero-order chi connectivity index (χ0) is 24.4. The van der Waals surface area contributed by atoms with E-state index < -0.39 is 12.0 Å². The van der Waals surface area contributed by atoms with Gasteiger partial charge in [0.1, 0.15) is 11.8 Å². The molecule has 1 aliphatic rings. The zero-order valence-electron chi connectivity index (χ0n) is 18.8. The van der Waals surface area contributed by atoms with Gasteiger partial charge >= 0.3 is 5.97 Å². The van der Waals surface area contributed by atoms with E-state index in [1.54, 1.807) is 38.1 Å². The SMILES string of the molecule is CCOC(=O)C1=C(C)N=c2s/c(=C\c3ccccc3OCC)c(=O)n2[C@@H]1c1cccc(Cl)c1Cl. The van der Waals surface area contributed by atoms with Gasteiger partial charge in [0.2, 0.25) is 0 Å². The molecule has 176 valence electrons. The maximum atomic E-state index is 13.7. The van der Waals surface area contributed by atoms with Crippen LogP contribution >= 0.6 is 34.5 Å². The summed E-state index contributed by atoms with van der Waals surface area (Å²) in [5.41, 5.74) is 1.70. The van der Waals surface area contributed by atoms with E-state index in [4.69, 9.17) is 32.7 Å². The van der Waals surface area contributed by atoms with Gasteiger partial charge in [-0.25, -0.2) is 9.79 Å². The molecule has 9 heteroatoms. The van der Waals surface area contributed by atoms with Gasteiger partial charge in [0.15, 0.2) is 4.80 Å². The van der Waals surface area contributed by atoms with E-state index in [0.29, 0.717) is 38.0 Å². The molecule has 1 aromatic heterocycles. The molecule has 0 spiro atoms. The Kier molecular flexibility index (Phi) is 7.26. The average Bonchev–Trinajstić information content (AvgIpc) is 3.11. The fourth-order valence-electron chi connectivity index (χ4n) is 3.85. The molecule has 1 aliphatic heterocycles. The number of aromatic nitrogens is 1. The number of carbonyl (C=O) groups is 1. The van der Waals surface area contributed by atoms with E-state index in [1.807, 2.05) is 31.2 Å². The number of halogens is 2. The third-order valence-electron chi connectivity index (χ3n) is 5.30. The van der Waals surface area contributed by atoms with Gasteiger partial charge < -0.3 is 9.47 Å². The molecule has 0 unspecified atom stereocenters. The number of carbonyl (C=O) groups excluding carboxylic acids is 1. The smallest absolute Gasteiger partial charge is 0.338 e. The van der Waals surface area contributed by atoms with E-state index in [9.17, 15) is 9.59 Å². The highest BCUT2D eigenvalue weighted by Crippen LogP contribution is 2.37. The van der Waals surface area contributed by atoms with Crippen LogP contribution in [0.5, 0.6) is 5.75 Å². The summed E-state index contributed by atoms with van der Waals surface area (Å²) in [5, 5.41) is 0.590. The minimum absolute atomic E-state index is 0.185. The lowest BCUT2D eigenvalue weighted by molar-refractivity contribution is -0.139. The summed E-state index contributed by atoms with van der Waals surface area (Å²) in [6.45, 7) is 6.03. The standard InChI is InChI=1S/C25H22Cl2N2O4S/c1-4-32-18-12-7-6-9-15(18)13-19-23(30)29-22(16-10-8-11-17(26)21(16)27)20(24(31)33-5-2)14(3)28-25(29)34-19/h6-13,22H,4-5H2,1-3H3/b19-13-/t22-/m1/s1. The van der Waals surface area contributed by atoms with Gasteiger partial charge in [-0.15, -0.1) is 0 Å². The van der Waals surface area contributed by atoms with Gasteiger partial charge in [-0.3, -0.25) is 9.36 Å². The Labute approximate surface area is 210 Å². The molecule has 0 N–H and O–H groups in total. The highest BCUT2D eigenvalue weighted by Gasteiger charge is 2.34. The van der Waals surface area contributed by atoms with Crippen LogP contribution in [0.25, 0.3) is 6.08 Å². The first-order valence-electron chi connectivity index (χ1n) is 10.7. The fourth-order valence-corrected chi connectivity index (χ4v) is 5.29. The predicted molar refractivity (Wildman–Crippen MR) is 134 cm³/mol. The molecule has 0 amide bonds. The molecule has 2 aromatic carbocycles. The lowest BCUT2D eigenvalue weighted by Gasteiger charge is -2.25. The second kappa shape index (κ2) is 10.2. The van der Waals surface area contributed by atoms with E-state index in [1.165, 1.54) is 15.9 Å². The maximum absolute atomic E-state index is 13.7. The van der Waals surface area contributed by atoms with E-state index >= 15 is 0 Å². The topological polar surface area (TPSA) is 69.9 Å². The lowest BCUT2D eigenvalue weighted by atomic mass is 9.96. The van der Waals surface area contributed by atoms with E-state index in [0.717, 1.165) is 5.56 Å². The fraction of sp³-hybridized carbons (Fsp3) is 0.240. The van der Waals surface area contributed by atoms with Gasteiger partial charge in [-0.05, 0) is 39.0 Å². The van der Waals surface area contributed by atoms with Crippen LogP contribution in [0.15, 0.2) is 63.5 Å². The first kappa shape index (κ1) is 24.3. The van der Waals surface area contributed by atoms with Crippen molar-refractivity contribution in [3.8, 4) is 5.75 Å². The monoisotopic (exact) mass is 516 g/mol. The second-order valence-corrected chi connectivity index (χ2v) is 9.21. The molecule has 0 bridgehead atoms. The van der Waals surface area contributed by atoms with Crippen molar-refractivity contribution in [3.63, 3.8) is 0 Å². The first-order valence-corrected chi connectivity index (χ1v) is 12.3. The van der Waals surface area contributed by atoms with Crippen LogP contribution in [0.1, 0.15) is 37.9 Å². The minimum atomic E-state index is -0.828. The summed E-state index contributed by atoms with van der Waals surface area (Å²) < 4.78 is 12.9. The van der Waals surface area contributed by atoms with Crippen LogP contribution in [0, 0.1) is 0 Å². The number of hydrogen-bond acceptors (Lipinski definition) is 6. The van der Waals surface area contributed by atoms with Crippen molar-refractivity contribution >= 4 is 46.6 Å². The van der Waals surface area contributed by atoms with Crippen LogP contribution in [-0.2, 0) is 9.53 Å². The van der Waals surface area contributed by atoms with Crippen molar-refractivity contribution < 1.29 is 14.3 Å². The maximum Gasteiger partial charge on any atom is 0.338 e. The Morgan fingerprint density at radius 3 is 2.65 bits per heavy atom. The number of esters is 1. The predicted octanol–water partition coefficient (Wildman–Crippen LogP) is 4.50. The average molecular weight is 517 g/mol. The Morgan fingerprint density at radius 1 is 1.15 bits per heavy atom. The van der Waals surface area contributed by atoms with E-state index in [-0.39, 0.29) is 22.8 Å². The van der Waals surface area contributed by atoms with Crippen molar-refractivity contribution in [2.45, 2.75) is 26.8 Å². The Morgan fingerprint density at radius 2 is 1.91 bits per heavy atom. The Balaban J connectivity index is 1.99. The van der Waals surface area contributed by atoms with Crippen LogP contribution < -0.4 is 19.6 Å². The zero-order valence-corrected chi connectivity index (χ0v) is 21.1. The molecule has 1 atom stereocenters. The van der Waals surface area contributed by atoms with Gasteiger partial charge in [-0.1, -0.05) is 64.9 Å². The summed E-state index contributed by atoms with van der Waals surface area (Å²) in [4.78, 5) is 31.7. The van der Waals surface area contributed by atoms with Crippen molar-refractivity contribution in [2.75, 3.05) is 13.2 Å². The molecule has 0 saturated heterocycles. The van der Waals surface area contributed by atoms with Gasteiger partial charge in [0.25, 0.3) is 5.56 Å². The number of fused-ring (bicyclic) bond motifs is 1. The molecule has 4 rings (SSSR count). The van der Waals surface area contributed by atoms with Gasteiger partial charge in [0.05, 0.1) is 39.1 Å². The highest BCUT2D eigenvalue weighted by molar-refractivity contribution is 7.07. The van der Waals surface area contributed by atoms with Crippen molar-refractivity contribution in [1.82, 2.24) is 4.57 Å². The normalized spacial score (nSPS) is 15.7. The van der Waals surface area contributed by atoms with Gasteiger partial charge in [0, 0.05) is 11.1 Å².